The van der Waals surface area contributed by atoms with E-state index in [-0.39, 0.29) is 35.1 Å². The molecule has 7 nitrogen and oxygen atoms in total. The van der Waals surface area contributed by atoms with Crippen LogP contribution in [-0.4, -0.2) is 91.9 Å². The monoisotopic (exact) mass is 503 g/mol. The van der Waals surface area contributed by atoms with Crippen molar-refractivity contribution in [3.63, 3.8) is 0 Å². The van der Waals surface area contributed by atoms with Crippen LogP contribution in [0.2, 0.25) is 0 Å². The van der Waals surface area contributed by atoms with E-state index >= 15 is 0 Å². The van der Waals surface area contributed by atoms with Crippen LogP contribution in [0.4, 0.5) is 0 Å². The van der Waals surface area contributed by atoms with Gasteiger partial charge < -0.3 is 19.8 Å². The summed E-state index contributed by atoms with van der Waals surface area (Å²) in [6.07, 6.45) is 12.5. The molecule has 2 saturated heterocycles. The second-order valence-corrected chi connectivity index (χ2v) is 12.7. The van der Waals surface area contributed by atoms with Gasteiger partial charge in [0, 0.05) is 43.6 Å². The minimum Gasteiger partial charge on any atom is -0.396 e. The molecule has 1 N–H and O–H groups in total. The molecule has 1 unspecified atom stereocenters. The van der Waals surface area contributed by atoms with Gasteiger partial charge in [0.2, 0.25) is 17.7 Å². The van der Waals surface area contributed by atoms with Crippen LogP contribution in [0.15, 0.2) is 24.3 Å². The van der Waals surface area contributed by atoms with E-state index in [1.807, 2.05) is 36.6 Å². The number of carbonyl (C=O) groups is 3. The Morgan fingerprint density at radius 2 is 1.74 bits per heavy atom. The lowest BCUT2D eigenvalue weighted by molar-refractivity contribution is -0.146. The summed E-state index contributed by atoms with van der Waals surface area (Å²) in [5, 5.41) is 9.00. The minimum absolute atomic E-state index is 0.0143. The molecule has 194 valence electrons. The van der Waals surface area contributed by atoms with Gasteiger partial charge in [-0.25, -0.2) is 0 Å². The zero-order valence-electron chi connectivity index (χ0n) is 21.6. The summed E-state index contributed by atoms with van der Waals surface area (Å²) in [6.45, 7) is 10.6. The fourth-order valence-corrected chi connectivity index (χ4v) is 8.26. The van der Waals surface area contributed by atoms with Crippen LogP contribution in [0.1, 0.15) is 59.8 Å². The highest BCUT2D eigenvalue weighted by Gasteiger charge is 2.71. The van der Waals surface area contributed by atoms with E-state index in [1.54, 1.807) is 16.7 Å². The first-order chi connectivity index (χ1) is 16.7. The maximum Gasteiger partial charge on any atom is 0.247 e. The number of carbonyl (C=O) groups excluding carboxylic acids is 3. The normalized spacial score (nSPS) is 32.6. The summed E-state index contributed by atoms with van der Waals surface area (Å²) >= 11 is 1.65. The second-order valence-electron chi connectivity index (χ2n) is 11.2. The predicted octanol–water partition coefficient (Wildman–Crippen LogP) is 2.84. The molecular weight excluding hydrogens is 462 g/mol. The highest BCUT2D eigenvalue weighted by molar-refractivity contribution is 8.02. The molecule has 4 rings (SSSR count). The molecule has 0 saturated carbocycles. The van der Waals surface area contributed by atoms with Crippen molar-refractivity contribution in [2.24, 2.45) is 11.8 Å². The summed E-state index contributed by atoms with van der Waals surface area (Å²) in [7, 11) is 0. The van der Waals surface area contributed by atoms with Gasteiger partial charge in [0.05, 0.1) is 16.6 Å². The Bertz CT molecular complexity index is 897. The minimum atomic E-state index is -0.732. The van der Waals surface area contributed by atoms with Gasteiger partial charge in [-0.1, -0.05) is 44.1 Å². The Labute approximate surface area is 214 Å². The van der Waals surface area contributed by atoms with Crippen LogP contribution >= 0.6 is 11.8 Å². The Balaban J connectivity index is 1.73. The molecule has 4 aliphatic rings. The third-order valence-corrected chi connectivity index (χ3v) is 9.60. The first-order valence-electron chi connectivity index (χ1n) is 13.2. The number of likely N-dealkylation sites (tertiary alicyclic amines) is 1. The Morgan fingerprint density at radius 1 is 1.00 bits per heavy atom. The molecule has 8 heteroatoms. The summed E-state index contributed by atoms with van der Waals surface area (Å²) in [6, 6.07) is -0.603. The highest BCUT2D eigenvalue weighted by Crippen LogP contribution is 2.61. The van der Waals surface area contributed by atoms with Crippen molar-refractivity contribution in [1.82, 2.24) is 14.7 Å². The average molecular weight is 504 g/mol. The molecule has 1 spiro atoms. The highest BCUT2D eigenvalue weighted by atomic mass is 32.2. The fraction of sp³-hybridized carbons (Fsp3) is 0.741. The first kappa shape index (κ1) is 26.3. The lowest BCUT2D eigenvalue weighted by atomic mass is 9.78. The van der Waals surface area contributed by atoms with Crippen LogP contribution in [-0.2, 0) is 14.4 Å². The van der Waals surface area contributed by atoms with Crippen LogP contribution in [0.25, 0.3) is 0 Å². The Morgan fingerprint density at radius 3 is 2.43 bits per heavy atom. The number of fused-ring (bicyclic) bond motifs is 2. The number of nitrogens with zero attached hydrogens (tertiary/aromatic N) is 3. The predicted molar refractivity (Wildman–Crippen MR) is 139 cm³/mol. The number of rotatable bonds is 8. The van der Waals surface area contributed by atoms with E-state index in [1.165, 1.54) is 0 Å². The maximum absolute atomic E-state index is 14.2. The molecule has 0 aromatic carbocycles. The zero-order valence-corrected chi connectivity index (χ0v) is 22.4. The molecule has 4 heterocycles. The van der Waals surface area contributed by atoms with Crippen molar-refractivity contribution < 1.29 is 19.5 Å². The number of unbranched alkanes of at least 4 members (excludes halogenated alkanes) is 3. The van der Waals surface area contributed by atoms with E-state index in [9.17, 15) is 14.4 Å². The number of amides is 3. The molecule has 2 fully saturated rings. The SMILES string of the molecule is CCCN1CC=C[C@H]2S[C@]34C=CCN(C(C)(C)C)C(=O)C3N(CCCCCCO)C(=O)[C@@H]4[C@H]2C1=O. The number of thioether (sulfide) groups is 1. The molecular formula is C27H41N3O4S. The van der Waals surface area contributed by atoms with Crippen molar-refractivity contribution in [1.29, 1.82) is 0 Å². The molecule has 5 atom stereocenters. The standard InChI is InChI=1S/C27H41N3O4S/c1-5-14-28-15-10-12-19-20(23(28)32)21-24(33)29(16-8-6-7-9-18-31)22-25(34)30(26(2,3)4)17-11-13-27(21,22)35-19/h10-13,19-22,31H,5-9,14-18H2,1-4H3/t19-,20+,21+,22?,27+/m1/s1. The van der Waals surface area contributed by atoms with Crippen LogP contribution < -0.4 is 0 Å². The van der Waals surface area contributed by atoms with E-state index in [0.717, 1.165) is 32.1 Å². The Kier molecular flexibility index (Phi) is 7.72. The van der Waals surface area contributed by atoms with Gasteiger partial charge in [0.25, 0.3) is 0 Å². The fourth-order valence-electron chi connectivity index (χ4n) is 6.25. The average Bonchev–Trinajstić information content (AvgIpc) is 3.10. The van der Waals surface area contributed by atoms with E-state index < -0.39 is 22.6 Å². The molecule has 0 radical (unpaired) electrons. The van der Waals surface area contributed by atoms with Crippen molar-refractivity contribution in [3.05, 3.63) is 24.3 Å². The number of aliphatic hydroxyl groups excluding tert-OH is 1. The third kappa shape index (κ3) is 4.57. The van der Waals surface area contributed by atoms with Crippen LogP contribution in [0.3, 0.4) is 0 Å². The maximum atomic E-state index is 14.2. The van der Waals surface area contributed by atoms with E-state index in [4.69, 9.17) is 5.11 Å². The first-order valence-corrected chi connectivity index (χ1v) is 14.1. The second kappa shape index (κ2) is 10.3. The van der Waals surface area contributed by atoms with Crippen molar-refractivity contribution in [3.8, 4) is 0 Å². The lowest BCUT2D eigenvalue weighted by Gasteiger charge is -2.40. The summed E-state index contributed by atoms with van der Waals surface area (Å²) in [5.41, 5.74) is -0.373. The summed E-state index contributed by atoms with van der Waals surface area (Å²) in [5.74, 6) is -0.996. The smallest absolute Gasteiger partial charge is 0.247 e. The molecule has 0 bridgehead atoms. The quantitative estimate of drug-likeness (QED) is 0.407. The number of aliphatic hydroxyl groups is 1. The van der Waals surface area contributed by atoms with Crippen LogP contribution in [0, 0.1) is 11.8 Å². The third-order valence-electron chi connectivity index (χ3n) is 7.85. The molecule has 0 aliphatic carbocycles. The lowest BCUT2D eigenvalue weighted by Crippen LogP contribution is -2.57. The van der Waals surface area contributed by atoms with Crippen molar-refractivity contribution in [2.75, 3.05) is 32.8 Å². The molecule has 0 aromatic heterocycles. The van der Waals surface area contributed by atoms with Crippen molar-refractivity contribution in [2.45, 2.75) is 81.4 Å². The topological polar surface area (TPSA) is 81.2 Å². The van der Waals surface area contributed by atoms with Gasteiger partial charge in [-0.15, -0.1) is 11.8 Å². The Hall–Kier alpha value is -1.80. The zero-order chi connectivity index (χ0) is 25.4. The molecule has 3 amide bonds. The van der Waals surface area contributed by atoms with Gasteiger partial charge in [0.1, 0.15) is 6.04 Å². The molecule has 4 aliphatic heterocycles. The largest absolute Gasteiger partial charge is 0.396 e. The summed E-state index contributed by atoms with van der Waals surface area (Å²) in [4.78, 5) is 47.6. The number of hydrogen-bond acceptors (Lipinski definition) is 5. The van der Waals surface area contributed by atoms with E-state index in [0.29, 0.717) is 26.2 Å². The van der Waals surface area contributed by atoms with Gasteiger partial charge in [-0.2, -0.15) is 0 Å². The van der Waals surface area contributed by atoms with Gasteiger partial charge in [-0.3, -0.25) is 14.4 Å². The number of hydrogen-bond donors (Lipinski definition) is 1. The van der Waals surface area contributed by atoms with Gasteiger partial charge in [0.15, 0.2) is 0 Å². The van der Waals surface area contributed by atoms with Crippen molar-refractivity contribution >= 4 is 29.5 Å². The molecule has 0 aromatic rings. The molecule has 35 heavy (non-hydrogen) atoms. The van der Waals surface area contributed by atoms with E-state index in [2.05, 4.69) is 25.2 Å². The van der Waals surface area contributed by atoms with Gasteiger partial charge >= 0.3 is 0 Å². The summed E-state index contributed by atoms with van der Waals surface area (Å²) < 4.78 is -0.732. The van der Waals surface area contributed by atoms with Crippen LogP contribution in [0.5, 0.6) is 0 Å². The van der Waals surface area contributed by atoms with Gasteiger partial charge in [-0.05, 0) is 40.0 Å².